The third-order valence-corrected chi connectivity index (χ3v) is 4.27. The molecule has 4 heteroatoms. The first-order valence-corrected chi connectivity index (χ1v) is 8.29. The Balaban J connectivity index is 2.03. The van der Waals surface area contributed by atoms with Gasteiger partial charge in [0.2, 0.25) is 0 Å². The van der Waals surface area contributed by atoms with Gasteiger partial charge < -0.3 is 20.3 Å². The monoisotopic (exact) mass is 324 g/mol. The Hall–Kier alpha value is -2.30. The zero-order chi connectivity index (χ0) is 17.1. The molecule has 0 aliphatic rings. The van der Waals surface area contributed by atoms with Crippen LogP contribution in [-0.2, 0) is 13.1 Å². The normalized spacial score (nSPS) is 11.6. The summed E-state index contributed by atoms with van der Waals surface area (Å²) in [7, 11) is 0. The van der Waals surface area contributed by atoms with Crippen LogP contribution in [0.15, 0.2) is 57.4 Å². The average molecular weight is 324 g/mol. The molecular weight excluding hydrogens is 300 g/mol. The number of nitrogens with two attached hydrogens (primary N) is 2. The predicted octanol–water partition coefficient (Wildman–Crippen LogP) is 4.09. The lowest BCUT2D eigenvalue weighted by Gasteiger charge is -2.14. The summed E-state index contributed by atoms with van der Waals surface area (Å²) in [6.07, 6.45) is 0. The van der Waals surface area contributed by atoms with Crippen LogP contribution in [0.4, 0.5) is 0 Å². The molecule has 0 unspecified atom stereocenters. The van der Waals surface area contributed by atoms with Crippen molar-refractivity contribution in [2.75, 3.05) is 0 Å². The van der Waals surface area contributed by atoms with Crippen molar-refractivity contribution in [2.24, 2.45) is 11.5 Å². The van der Waals surface area contributed by atoms with Gasteiger partial charge in [-0.05, 0) is 41.3 Å². The van der Waals surface area contributed by atoms with E-state index in [9.17, 15) is 0 Å². The minimum atomic E-state index is -0.105. The van der Waals surface area contributed by atoms with Gasteiger partial charge >= 0.3 is 0 Å². The van der Waals surface area contributed by atoms with Crippen molar-refractivity contribution < 1.29 is 8.83 Å². The molecule has 4 nitrogen and oxygen atoms in total. The summed E-state index contributed by atoms with van der Waals surface area (Å²) in [6, 6.07) is 16.3. The zero-order valence-corrected chi connectivity index (χ0v) is 14.2. The molecule has 0 saturated carbocycles. The number of furan rings is 2. The second-order valence-electron chi connectivity index (χ2n) is 6.27. The molecule has 2 aromatic heterocycles. The summed E-state index contributed by atoms with van der Waals surface area (Å²) in [5.41, 5.74) is 13.8. The van der Waals surface area contributed by atoms with E-state index in [1.54, 1.807) is 0 Å². The highest BCUT2D eigenvalue weighted by Gasteiger charge is 2.23. The maximum Gasteiger partial charge on any atom is 0.119 e. The molecule has 0 fully saturated rings. The van der Waals surface area contributed by atoms with Crippen molar-refractivity contribution in [1.82, 2.24) is 0 Å². The first-order chi connectivity index (χ1) is 11.6. The maximum atomic E-state index is 5.91. The molecule has 0 bridgehead atoms. The van der Waals surface area contributed by atoms with Crippen molar-refractivity contribution in [3.05, 3.63) is 82.7 Å². The van der Waals surface area contributed by atoms with Gasteiger partial charge in [-0.1, -0.05) is 38.1 Å². The highest BCUT2D eigenvalue weighted by atomic mass is 16.4. The lowest BCUT2D eigenvalue weighted by atomic mass is 9.92. The Bertz CT molecular complexity index is 742. The Morgan fingerprint density at radius 2 is 1.17 bits per heavy atom. The summed E-state index contributed by atoms with van der Waals surface area (Å²) in [4.78, 5) is 0. The van der Waals surface area contributed by atoms with E-state index in [0.29, 0.717) is 19.0 Å². The molecule has 0 aliphatic carbocycles. The quantitative estimate of drug-likeness (QED) is 0.715. The molecule has 4 N–H and O–H groups in total. The highest BCUT2D eigenvalue weighted by molar-refractivity contribution is 5.38. The van der Waals surface area contributed by atoms with Crippen LogP contribution in [0.1, 0.15) is 59.9 Å². The first-order valence-electron chi connectivity index (χ1n) is 8.29. The molecule has 1 aromatic carbocycles. The Kier molecular flexibility index (Phi) is 4.88. The van der Waals surface area contributed by atoms with Gasteiger partial charge in [0.15, 0.2) is 0 Å². The SMILES string of the molecule is CC(C)c1ccc(C(c2ccc(CN)o2)c2ccc(CN)o2)cc1. The molecule has 0 saturated heterocycles. The van der Waals surface area contributed by atoms with E-state index >= 15 is 0 Å². The topological polar surface area (TPSA) is 78.3 Å². The molecule has 2 heterocycles. The Labute approximate surface area is 142 Å². The fourth-order valence-electron chi connectivity index (χ4n) is 2.86. The van der Waals surface area contributed by atoms with Crippen molar-refractivity contribution in [3.63, 3.8) is 0 Å². The Morgan fingerprint density at radius 1 is 0.708 bits per heavy atom. The molecule has 0 spiro atoms. The standard InChI is InChI=1S/C20H24N2O2/c1-13(2)14-3-5-15(6-4-14)20(18-9-7-16(11-21)23-18)19-10-8-17(12-22)24-19/h3-10,13,20H,11-12,21-22H2,1-2H3. The smallest absolute Gasteiger partial charge is 0.119 e. The van der Waals surface area contributed by atoms with Gasteiger partial charge in [0.05, 0.1) is 13.1 Å². The van der Waals surface area contributed by atoms with Crippen molar-refractivity contribution in [1.29, 1.82) is 0 Å². The summed E-state index contributed by atoms with van der Waals surface area (Å²) < 4.78 is 11.8. The van der Waals surface area contributed by atoms with Gasteiger partial charge in [0.25, 0.3) is 0 Å². The molecule has 0 amide bonds. The van der Waals surface area contributed by atoms with Gasteiger partial charge in [-0.3, -0.25) is 0 Å². The van der Waals surface area contributed by atoms with E-state index in [2.05, 4.69) is 38.1 Å². The molecular formula is C20H24N2O2. The van der Waals surface area contributed by atoms with E-state index in [4.69, 9.17) is 20.3 Å². The van der Waals surface area contributed by atoms with Crippen molar-refractivity contribution in [2.45, 2.75) is 38.8 Å². The van der Waals surface area contributed by atoms with Crippen LogP contribution < -0.4 is 11.5 Å². The second-order valence-corrected chi connectivity index (χ2v) is 6.27. The molecule has 126 valence electrons. The van der Waals surface area contributed by atoms with Crippen LogP contribution in [0, 0.1) is 0 Å². The molecule has 3 aromatic rings. The van der Waals surface area contributed by atoms with Crippen LogP contribution in [-0.4, -0.2) is 0 Å². The number of hydrogen-bond donors (Lipinski definition) is 2. The molecule has 3 rings (SSSR count). The van der Waals surface area contributed by atoms with E-state index in [-0.39, 0.29) is 5.92 Å². The van der Waals surface area contributed by atoms with Crippen molar-refractivity contribution in [3.8, 4) is 0 Å². The Morgan fingerprint density at radius 3 is 1.54 bits per heavy atom. The number of benzene rings is 1. The largest absolute Gasteiger partial charge is 0.464 e. The number of hydrogen-bond acceptors (Lipinski definition) is 4. The minimum Gasteiger partial charge on any atom is -0.464 e. The molecule has 24 heavy (non-hydrogen) atoms. The maximum absolute atomic E-state index is 5.91. The van der Waals surface area contributed by atoms with Crippen molar-refractivity contribution >= 4 is 0 Å². The summed E-state index contributed by atoms with van der Waals surface area (Å²) in [5, 5.41) is 0. The van der Waals surface area contributed by atoms with Crippen LogP contribution >= 0.6 is 0 Å². The lowest BCUT2D eigenvalue weighted by molar-refractivity contribution is 0.415. The van der Waals surface area contributed by atoms with Gasteiger partial charge in [0.1, 0.15) is 29.0 Å². The summed E-state index contributed by atoms with van der Waals surface area (Å²) in [6.45, 7) is 5.13. The van der Waals surface area contributed by atoms with E-state index in [1.165, 1.54) is 5.56 Å². The summed E-state index contributed by atoms with van der Waals surface area (Å²) in [5.74, 6) is 3.57. The van der Waals surface area contributed by atoms with Gasteiger partial charge in [-0.15, -0.1) is 0 Å². The third kappa shape index (κ3) is 3.30. The minimum absolute atomic E-state index is 0.105. The second kappa shape index (κ2) is 7.07. The number of rotatable bonds is 6. The fourth-order valence-corrected chi connectivity index (χ4v) is 2.86. The van der Waals surface area contributed by atoms with Crippen LogP contribution in [0.2, 0.25) is 0 Å². The van der Waals surface area contributed by atoms with Crippen LogP contribution in [0.5, 0.6) is 0 Å². The zero-order valence-electron chi connectivity index (χ0n) is 14.2. The molecule has 0 atom stereocenters. The van der Waals surface area contributed by atoms with Gasteiger partial charge in [-0.2, -0.15) is 0 Å². The van der Waals surface area contributed by atoms with Gasteiger partial charge in [0, 0.05) is 0 Å². The molecule has 0 aliphatic heterocycles. The fraction of sp³-hybridized carbons (Fsp3) is 0.300. The third-order valence-electron chi connectivity index (χ3n) is 4.27. The lowest BCUT2D eigenvalue weighted by Crippen LogP contribution is -2.02. The summed E-state index contributed by atoms with van der Waals surface area (Å²) >= 11 is 0. The van der Waals surface area contributed by atoms with Gasteiger partial charge in [-0.25, -0.2) is 0 Å². The highest BCUT2D eigenvalue weighted by Crippen LogP contribution is 2.34. The van der Waals surface area contributed by atoms with E-state index < -0.39 is 0 Å². The van der Waals surface area contributed by atoms with E-state index in [0.717, 1.165) is 28.6 Å². The first kappa shape index (κ1) is 16.6. The van der Waals surface area contributed by atoms with Crippen LogP contribution in [0.3, 0.4) is 0 Å². The average Bonchev–Trinajstić information content (AvgIpc) is 3.25. The van der Waals surface area contributed by atoms with E-state index in [1.807, 2.05) is 24.3 Å². The molecule has 0 radical (unpaired) electrons. The van der Waals surface area contributed by atoms with Crippen LogP contribution in [0.25, 0.3) is 0 Å². The predicted molar refractivity (Wildman–Crippen MR) is 94.7 cm³/mol.